The SMILES string of the molecule is C[C@@H]1CN(C2=CC(=O)CC2)C[C@H](C)O1. The van der Waals surface area contributed by atoms with Crippen molar-refractivity contribution in [2.75, 3.05) is 13.1 Å². The highest BCUT2D eigenvalue weighted by atomic mass is 16.5. The number of nitrogens with zero attached hydrogens (tertiary/aromatic N) is 1. The zero-order valence-corrected chi connectivity index (χ0v) is 8.82. The van der Waals surface area contributed by atoms with Crippen LogP contribution in [0, 0.1) is 0 Å². The minimum atomic E-state index is 0.270. The standard InChI is InChI=1S/C11H17NO2/c1-8-6-12(7-9(2)14-8)10-3-4-11(13)5-10/h5,8-9H,3-4,6-7H2,1-2H3/t8-,9+. The Labute approximate surface area is 84.7 Å². The molecule has 0 radical (unpaired) electrons. The number of ether oxygens (including phenoxy) is 1. The van der Waals surface area contributed by atoms with Crippen LogP contribution in [-0.2, 0) is 9.53 Å². The van der Waals surface area contributed by atoms with Crippen LogP contribution in [0.2, 0.25) is 0 Å². The summed E-state index contributed by atoms with van der Waals surface area (Å²) in [6.07, 6.45) is 3.95. The Morgan fingerprint density at radius 3 is 2.43 bits per heavy atom. The van der Waals surface area contributed by atoms with Crippen LogP contribution in [0.5, 0.6) is 0 Å². The first-order valence-corrected chi connectivity index (χ1v) is 5.29. The van der Waals surface area contributed by atoms with Gasteiger partial charge in [0.1, 0.15) is 0 Å². The predicted molar refractivity (Wildman–Crippen MR) is 53.9 cm³/mol. The molecule has 78 valence electrons. The summed E-state index contributed by atoms with van der Waals surface area (Å²) in [6.45, 7) is 6.01. The van der Waals surface area contributed by atoms with Gasteiger partial charge in [-0.05, 0) is 20.3 Å². The Kier molecular flexibility index (Phi) is 2.59. The van der Waals surface area contributed by atoms with Gasteiger partial charge in [0, 0.05) is 31.3 Å². The molecule has 14 heavy (non-hydrogen) atoms. The van der Waals surface area contributed by atoms with E-state index in [0.717, 1.165) is 19.5 Å². The van der Waals surface area contributed by atoms with Gasteiger partial charge in [0.15, 0.2) is 5.78 Å². The Morgan fingerprint density at radius 2 is 1.93 bits per heavy atom. The molecular formula is C11H17NO2. The molecule has 0 amide bonds. The predicted octanol–water partition coefficient (Wildman–Crippen LogP) is 1.34. The molecule has 0 spiro atoms. The molecule has 2 rings (SSSR count). The molecule has 1 heterocycles. The molecule has 2 aliphatic rings. The Hall–Kier alpha value is -0.830. The third-order valence-corrected chi connectivity index (χ3v) is 2.78. The molecule has 2 atom stereocenters. The summed E-state index contributed by atoms with van der Waals surface area (Å²) < 4.78 is 5.65. The molecule has 0 aromatic carbocycles. The number of hydrogen-bond donors (Lipinski definition) is 0. The quantitative estimate of drug-likeness (QED) is 0.632. The van der Waals surface area contributed by atoms with E-state index in [-0.39, 0.29) is 18.0 Å². The largest absolute Gasteiger partial charge is 0.372 e. The van der Waals surface area contributed by atoms with Crippen LogP contribution < -0.4 is 0 Å². The maximum Gasteiger partial charge on any atom is 0.157 e. The summed E-state index contributed by atoms with van der Waals surface area (Å²) in [4.78, 5) is 13.4. The second-order valence-electron chi connectivity index (χ2n) is 4.26. The maximum absolute atomic E-state index is 11.1. The van der Waals surface area contributed by atoms with E-state index in [0.29, 0.717) is 6.42 Å². The van der Waals surface area contributed by atoms with Crippen molar-refractivity contribution >= 4 is 5.78 Å². The number of rotatable bonds is 1. The third kappa shape index (κ3) is 1.98. The monoisotopic (exact) mass is 195 g/mol. The van der Waals surface area contributed by atoms with Gasteiger partial charge in [0.25, 0.3) is 0 Å². The van der Waals surface area contributed by atoms with E-state index in [2.05, 4.69) is 18.7 Å². The first kappa shape index (κ1) is 9.71. The number of hydrogen-bond acceptors (Lipinski definition) is 3. The number of carbonyl (C=O) groups is 1. The highest BCUT2D eigenvalue weighted by Gasteiger charge is 2.26. The van der Waals surface area contributed by atoms with Gasteiger partial charge in [-0.2, -0.15) is 0 Å². The van der Waals surface area contributed by atoms with Crippen molar-refractivity contribution in [3.05, 3.63) is 11.8 Å². The van der Waals surface area contributed by atoms with E-state index in [1.807, 2.05) is 0 Å². The van der Waals surface area contributed by atoms with Crippen molar-refractivity contribution in [2.24, 2.45) is 0 Å². The zero-order valence-electron chi connectivity index (χ0n) is 8.82. The van der Waals surface area contributed by atoms with Gasteiger partial charge in [-0.3, -0.25) is 4.79 Å². The van der Waals surface area contributed by atoms with Gasteiger partial charge < -0.3 is 9.64 Å². The lowest BCUT2D eigenvalue weighted by atomic mass is 10.2. The van der Waals surface area contributed by atoms with Crippen molar-refractivity contribution in [3.63, 3.8) is 0 Å². The minimum Gasteiger partial charge on any atom is -0.372 e. The van der Waals surface area contributed by atoms with E-state index in [1.165, 1.54) is 5.70 Å². The van der Waals surface area contributed by atoms with Crippen molar-refractivity contribution in [1.29, 1.82) is 0 Å². The normalized spacial score (nSPS) is 33.4. The van der Waals surface area contributed by atoms with Crippen LogP contribution in [0.3, 0.4) is 0 Å². The first-order valence-electron chi connectivity index (χ1n) is 5.29. The van der Waals surface area contributed by atoms with Gasteiger partial charge in [0.05, 0.1) is 12.2 Å². The molecule has 1 fully saturated rings. The van der Waals surface area contributed by atoms with Gasteiger partial charge in [-0.25, -0.2) is 0 Å². The topological polar surface area (TPSA) is 29.5 Å². The van der Waals surface area contributed by atoms with Gasteiger partial charge in [-0.15, -0.1) is 0 Å². The van der Waals surface area contributed by atoms with E-state index >= 15 is 0 Å². The zero-order chi connectivity index (χ0) is 10.1. The van der Waals surface area contributed by atoms with E-state index in [9.17, 15) is 4.79 Å². The van der Waals surface area contributed by atoms with Crippen LogP contribution in [0.15, 0.2) is 11.8 Å². The summed E-state index contributed by atoms with van der Waals surface area (Å²) in [7, 11) is 0. The second-order valence-corrected chi connectivity index (χ2v) is 4.26. The van der Waals surface area contributed by atoms with E-state index in [1.54, 1.807) is 6.08 Å². The Morgan fingerprint density at radius 1 is 1.29 bits per heavy atom. The third-order valence-electron chi connectivity index (χ3n) is 2.78. The van der Waals surface area contributed by atoms with Crippen molar-refractivity contribution < 1.29 is 9.53 Å². The Bertz CT molecular complexity index is 262. The number of carbonyl (C=O) groups excluding carboxylic acids is 1. The number of ketones is 1. The number of morpholine rings is 1. The number of allylic oxidation sites excluding steroid dienone is 2. The molecule has 0 bridgehead atoms. The molecule has 0 aromatic heterocycles. The fraction of sp³-hybridized carbons (Fsp3) is 0.727. The molecule has 0 saturated carbocycles. The second kappa shape index (κ2) is 3.73. The van der Waals surface area contributed by atoms with Crippen molar-refractivity contribution in [2.45, 2.75) is 38.9 Å². The van der Waals surface area contributed by atoms with Crippen molar-refractivity contribution in [1.82, 2.24) is 4.90 Å². The average molecular weight is 195 g/mol. The van der Waals surface area contributed by atoms with Crippen molar-refractivity contribution in [3.8, 4) is 0 Å². The molecule has 0 aromatic rings. The van der Waals surface area contributed by atoms with Gasteiger partial charge >= 0.3 is 0 Å². The van der Waals surface area contributed by atoms with Crippen LogP contribution in [0.4, 0.5) is 0 Å². The minimum absolute atomic E-state index is 0.270. The molecule has 1 saturated heterocycles. The lowest BCUT2D eigenvalue weighted by Gasteiger charge is -2.37. The van der Waals surface area contributed by atoms with Crippen LogP contribution in [0.1, 0.15) is 26.7 Å². The fourth-order valence-corrected chi connectivity index (χ4v) is 2.24. The van der Waals surface area contributed by atoms with E-state index in [4.69, 9.17) is 4.74 Å². The first-order chi connectivity index (χ1) is 6.65. The summed E-state index contributed by atoms with van der Waals surface area (Å²) in [5, 5.41) is 0. The maximum atomic E-state index is 11.1. The molecule has 0 unspecified atom stereocenters. The molecule has 0 N–H and O–H groups in total. The highest BCUT2D eigenvalue weighted by molar-refractivity contribution is 5.92. The van der Waals surface area contributed by atoms with Crippen LogP contribution in [-0.4, -0.2) is 36.0 Å². The molecule has 3 heteroatoms. The Balaban J connectivity index is 2.03. The molecule has 1 aliphatic carbocycles. The fourth-order valence-electron chi connectivity index (χ4n) is 2.24. The molecule has 3 nitrogen and oxygen atoms in total. The average Bonchev–Trinajstić information content (AvgIpc) is 2.50. The van der Waals surface area contributed by atoms with Gasteiger partial charge in [-0.1, -0.05) is 0 Å². The summed E-state index contributed by atoms with van der Waals surface area (Å²) in [6, 6.07) is 0. The molecule has 1 aliphatic heterocycles. The van der Waals surface area contributed by atoms with Crippen LogP contribution in [0.25, 0.3) is 0 Å². The van der Waals surface area contributed by atoms with Gasteiger partial charge in [0.2, 0.25) is 0 Å². The van der Waals surface area contributed by atoms with E-state index < -0.39 is 0 Å². The highest BCUT2D eigenvalue weighted by Crippen LogP contribution is 2.23. The summed E-state index contributed by atoms with van der Waals surface area (Å²) >= 11 is 0. The lowest BCUT2D eigenvalue weighted by Crippen LogP contribution is -2.44. The molecular weight excluding hydrogens is 178 g/mol. The summed E-state index contributed by atoms with van der Waals surface area (Å²) in [5.74, 6) is 0.270. The lowest BCUT2D eigenvalue weighted by molar-refractivity contribution is -0.114. The smallest absolute Gasteiger partial charge is 0.157 e. The van der Waals surface area contributed by atoms with Crippen LogP contribution >= 0.6 is 0 Å². The summed E-state index contributed by atoms with van der Waals surface area (Å²) in [5.41, 5.74) is 1.21.